The second kappa shape index (κ2) is 12.3. The van der Waals surface area contributed by atoms with Gasteiger partial charge in [-0.2, -0.15) is 0 Å². The fraction of sp³-hybridized carbons (Fsp3) is 0.0690. The van der Waals surface area contributed by atoms with Crippen molar-refractivity contribution in [3.63, 3.8) is 0 Å². The molecule has 1 spiro atoms. The molecule has 0 radical (unpaired) electrons. The monoisotopic (exact) mass is 781 g/mol. The zero-order valence-electron chi connectivity index (χ0n) is 33.4. The van der Waals surface area contributed by atoms with Crippen LogP contribution in [0.1, 0.15) is 47.2 Å². The second-order valence-corrected chi connectivity index (χ2v) is 18.3. The molecule has 1 nitrogen and oxygen atoms in total. The van der Waals surface area contributed by atoms with Crippen molar-refractivity contribution in [1.82, 2.24) is 0 Å². The van der Waals surface area contributed by atoms with Gasteiger partial charge in [-0.15, -0.1) is 11.3 Å². The molecule has 9 aromatic carbocycles. The first-order valence-corrected chi connectivity index (χ1v) is 21.8. The Labute approximate surface area is 354 Å². The first-order valence-electron chi connectivity index (χ1n) is 21.0. The minimum absolute atomic E-state index is 0.125. The van der Waals surface area contributed by atoms with Crippen LogP contribution in [0.25, 0.3) is 64.7 Å². The summed E-state index contributed by atoms with van der Waals surface area (Å²) in [4.78, 5) is 2.50. The number of hydrogen-bond acceptors (Lipinski definition) is 2. The first-order chi connectivity index (χ1) is 29.5. The molecule has 2 heteroatoms. The quantitative estimate of drug-likeness (QED) is 0.172. The lowest BCUT2D eigenvalue weighted by Gasteiger charge is -2.32. The Hall–Kier alpha value is -7.00. The molecule has 60 heavy (non-hydrogen) atoms. The van der Waals surface area contributed by atoms with Gasteiger partial charge in [0.05, 0.1) is 5.41 Å². The van der Waals surface area contributed by atoms with Gasteiger partial charge in [-0.25, -0.2) is 0 Å². The van der Waals surface area contributed by atoms with Crippen LogP contribution in [-0.4, -0.2) is 0 Å². The van der Waals surface area contributed by atoms with E-state index in [9.17, 15) is 0 Å². The van der Waals surface area contributed by atoms with E-state index < -0.39 is 5.41 Å². The SMILES string of the molecule is CC1(C)c2ccccc2-c2cccc(-c3cccc(N(c4ccc5c(c4)C4(c6ccccc6-c6ccccc64)c4ccccc4-5)c4ccc5sc6ccccc6c5c4)c3)c21. The van der Waals surface area contributed by atoms with E-state index in [0.717, 1.165) is 17.1 Å². The van der Waals surface area contributed by atoms with Crippen LogP contribution in [0.3, 0.4) is 0 Å². The minimum Gasteiger partial charge on any atom is -0.310 e. The van der Waals surface area contributed by atoms with Gasteiger partial charge in [0, 0.05) is 42.6 Å². The highest BCUT2D eigenvalue weighted by atomic mass is 32.1. The predicted octanol–water partition coefficient (Wildman–Crippen LogP) is 15.8. The van der Waals surface area contributed by atoms with Crippen LogP contribution in [-0.2, 0) is 10.8 Å². The Morgan fingerprint density at radius 2 is 0.850 bits per heavy atom. The molecule has 0 fully saturated rings. The summed E-state index contributed by atoms with van der Waals surface area (Å²) < 4.78 is 2.62. The summed E-state index contributed by atoms with van der Waals surface area (Å²) in [7, 11) is 0. The molecule has 3 aliphatic carbocycles. The summed E-state index contributed by atoms with van der Waals surface area (Å²) in [6.45, 7) is 4.77. The van der Waals surface area contributed by atoms with Crippen molar-refractivity contribution in [3.8, 4) is 44.5 Å². The molecular formula is C58H39NS. The molecule has 1 heterocycles. The Morgan fingerprint density at radius 3 is 1.57 bits per heavy atom. The highest BCUT2D eigenvalue weighted by Crippen LogP contribution is 2.63. The Balaban J connectivity index is 1.06. The van der Waals surface area contributed by atoms with Crippen LogP contribution in [0.15, 0.2) is 200 Å². The zero-order valence-corrected chi connectivity index (χ0v) is 34.2. The number of benzene rings is 9. The summed E-state index contributed by atoms with van der Waals surface area (Å²) in [5.74, 6) is 0. The van der Waals surface area contributed by atoms with E-state index in [0.29, 0.717) is 0 Å². The van der Waals surface area contributed by atoms with Crippen LogP contribution >= 0.6 is 11.3 Å². The third-order valence-electron chi connectivity index (χ3n) is 13.9. The molecule has 0 amide bonds. The van der Waals surface area contributed by atoms with Gasteiger partial charge < -0.3 is 4.90 Å². The molecule has 282 valence electrons. The standard InChI is InChI=1S/C58H39NS/c1-57(2)49-24-8-3-20-44(49)47-23-14-22-40(56(47)57)36-15-13-16-37(33-36)59(38-30-32-55-48(34-38)46-21-7-12-28-54(46)60-55)39-29-31-45-43-19-6-11-27-52(43)58(53(45)35-39)50-25-9-4-17-41(50)42-18-5-10-26-51(42)58/h3-35H,1-2H3. The molecule has 13 rings (SSSR count). The maximum atomic E-state index is 2.51. The van der Waals surface area contributed by atoms with E-state index in [1.54, 1.807) is 0 Å². The van der Waals surface area contributed by atoms with Gasteiger partial charge in [-0.05, 0) is 126 Å². The van der Waals surface area contributed by atoms with E-state index in [4.69, 9.17) is 0 Å². The van der Waals surface area contributed by atoms with Crippen molar-refractivity contribution in [3.05, 3.63) is 234 Å². The van der Waals surface area contributed by atoms with E-state index in [-0.39, 0.29) is 5.41 Å². The van der Waals surface area contributed by atoms with E-state index in [2.05, 4.69) is 219 Å². The molecular weight excluding hydrogens is 743 g/mol. The van der Waals surface area contributed by atoms with Gasteiger partial charge in [0.2, 0.25) is 0 Å². The molecule has 3 aliphatic rings. The van der Waals surface area contributed by atoms with Crippen molar-refractivity contribution < 1.29 is 0 Å². The number of rotatable bonds is 4. The van der Waals surface area contributed by atoms with Gasteiger partial charge >= 0.3 is 0 Å². The van der Waals surface area contributed by atoms with Crippen LogP contribution in [0, 0.1) is 0 Å². The Bertz CT molecular complexity index is 3370. The lowest BCUT2D eigenvalue weighted by atomic mass is 9.70. The average molecular weight is 782 g/mol. The molecule has 0 bridgehead atoms. The first kappa shape index (κ1) is 33.9. The number of thiophene rings is 1. The Kier molecular flexibility index (Phi) is 6.94. The summed E-state index contributed by atoms with van der Waals surface area (Å²) in [6, 6.07) is 75.5. The van der Waals surface area contributed by atoms with Gasteiger partial charge in [-0.3, -0.25) is 0 Å². The maximum Gasteiger partial charge on any atom is 0.0726 e. The summed E-state index contributed by atoms with van der Waals surface area (Å²) >= 11 is 1.87. The predicted molar refractivity (Wildman–Crippen MR) is 253 cm³/mol. The number of nitrogens with zero attached hydrogens (tertiary/aromatic N) is 1. The molecule has 10 aromatic rings. The smallest absolute Gasteiger partial charge is 0.0726 e. The van der Waals surface area contributed by atoms with E-state index >= 15 is 0 Å². The highest BCUT2D eigenvalue weighted by molar-refractivity contribution is 7.25. The highest BCUT2D eigenvalue weighted by Gasteiger charge is 2.51. The summed E-state index contributed by atoms with van der Waals surface area (Å²) in [6.07, 6.45) is 0. The fourth-order valence-electron chi connectivity index (χ4n) is 11.4. The largest absolute Gasteiger partial charge is 0.310 e. The normalized spacial score (nSPS) is 14.4. The van der Waals surface area contributed by atoms with Crippen molar-refractivity contribution in [1.29, 1.82) is 0 Å². The molecule has 0 unspecified atom stereocenters. The summed E-state index contributed by atoms with van der Waals surface area (Å²) in [5, 5.41) is 2.59. The van der Waals surface area contributed by atoms with Gasteiger partial charge in [-0.1, -0.05) is 166 Å². The molecule has 0 aliphatic heterocycles. The third-order valence-corrected chi connectivity index (χ3v) is 15.0. The molecule has 0 saturated heterocycles. The maximum absolute atomic E-state index is 2.51. The summed E-state index contributed by atoms with van der Waals surface area (Å²) in [5.41, 5.74) is 21.5. The van der Waals surface area contributed by atoms with E-state index in [1.165, 1.54) is 98.1 Å². The zero-order chi connectivity index (χ0) is 39.7. The molecule has 0 saturated carbocycles. The van der Waals surface area contributed by atoms with Gasteiger partial charge in [0.1, 0.15) is 0 Å². The van der Waals surface area contributed by atoms with Crippen molar-refractivity contribution in [2.45, 2.75) is 24.7 Å². The molecule has 1 aromatic heterocycles. The number of fused-ring (bicyclic) bond motifs is 16. The lowest BCUT2D eigenvalue weighted by molar-refractivity contribution is 0.662. The van der Waals surface area contributed by atoms with Crippen LogP contribution in [0.2, 0.25) is 0 Å². The van der Waals surface area contributed by atoms with Crippen molar-refractivity contribution in [2.75, 3.05) is 4.90 Å². The fourth-order valence-corrected chi connectivity index (χ4v) is 12.5. The molecule has 0 N–H and O–H groups in total. The van der Waals surface area contributed by atoms with Gasteiger partial charge in [0.15, 0.2) is 0 Å². The van der Waals surface area contributed by atoms with Crippen LogP contribution < -0.4 is 4.90 Å². The van der Waals surface area contributed by atoms with Crippen LogP contribution in [0.5, 0.6) is 0 Å². The van der Waals surface area contributed by atoms with Crippen LogP contribution in [0.4, 0.5) is 17.1 Å². The second-order valence-electron chi connectivity index (χ2n) is 17.2. The minimum atomic E-state index is -0.429. The third kappa shape index (κ3) is 4.41. The van der Waals surface area contributed by atoms with Gasteiger partial charge in [0.25, 0.3) is 0 Å². The lowest BCUT2D eigenvalue weighted by Crippen LogP contribution is -2.26. The Morgan fingerprint density at radius 1 is 0.350 bits per heavy atom. The van der Waals surface area contributed by atoms with E-state index in [1.807, 2.05) is 11.3 Å². The molecule has 0 atom stereocenters. The number of anilines is 3. The van der Waals surface area contributed by atoms with Crippen molar-refractivity contribution >= 4 is 48.6 Å². The topological polar surface area (TPSA) is 3.24 Å². The average Bonchev–Trinajstić information content (AvgIpc) is 3.99. The van der Waals surface area contributed by atoms with Crippen molar-refractivity contribution in [2.24, 2.45) is 0 Å². The number of hydrogen-bond donors (Lipinski definition) is 0.